The van der Waals surface area contributed by atoms with Crippen molar-refractivity contribution >= 4 is 0 Å². The molecule has 1 aromatic rings. The van der Waals surface area contributed by atoms with Crippen molar-refractivity contribution in [3.05, 3.63) is 35.1 Å². The molecule has 0 amide bonds. The Labute approximate surface area is 121 Å². The van der Waals surface area contributed by atoms with Gasteiger partial charge in [0.2, 0.25) is 0 Å². The number of aliphatic hydroxyl groups is 1. The number of nitrogens with one attached hydrogen (secondary N) is 1. The van der Waals surface area contributed by atoms with Gasteiger partial charge < -0.3 is 10.4 Å². The van der Waals surface area contributed by atoms with Crippen LogP contribution in [-0.2, 0) is 11.8 Å². The van der Waals surface area contributed by atoms with Gasteiger partial charge in [-0.2, -0.15) is 13.2 Å². The Morgan fingerprint density at radius 1 is 1.29 bits per heavy atom. The highest BCUT2D eigenvalue weighted by molar-refractivity contribution is 5.30. The molecule has 1 fully saturated rings. The third-order valence-corrected chi connectivity index (χ3v) is 3.95. The minimum absolute atomic E-state index is 0.0964. The maximum Gasteiger partial charge on any atom is 0.419 e. The lowest BCUT2D eigenvalue weighted by Gasteiger charge is -2.32. The van der Waals surface area contributed by atoms with E-state index in [1.807, 2.05) is 0 Å². The van der Waals surface area contributed by atoms with Gasteiger partial charge in [0.1, 0.15) is 5.82 Å². The van der Waals surface area contributed by atoms with E-state index >= 15 is 0 Å². The number of rotatable bonds is 3. The molecule has 1 heterocycles. The fraction of sp³-hybridized carbons (Fsp3) is 0.600. The van der Waals surface area contributed by atoms with E-state index in [4.69, 9.17) is 0 Å². The summed E-state index contributed by atoms with van der Waals surface area (Å²) >= 11 is 0. The van der Waals surface area contributed by atoms with E-state index in [2.05, 4.69) is 5.32 Å². The topological polar surface area (TPSA) is 32.3 Å². The molecule has 0 aromatic heterocycles. The second-order valence-corrected chi connectivity index (χ2v) is 5.82. The first-order chi connectivity index (χ1) is 9.70. The highest BCUT2D eigenvalue weighted by Crippen LogP contribution is 2.35. The zero-order valence-electron chi connectivity index (χ0n) is 11.8. The molecule has 2 atom stereocenters. The van der Waals surface area contributed by atoms with E-state index in [9.17, 15) is 22.7 Å². The van der Waals surface area contributed by atoms with E-state index in [1.165, 1.54) is 6.92 Å². The molecule has 118 valence electrons. The lowest BCUT2D eigenvalue weighted by molar-refractivity contribution is -0.140. The highest BCUT2D eigenvalue weighted by Gasteiger charge is 2.36. The molecule has 0 saturated carbocycles. The van der Waals surface area contributed by atoms with Crippen molar-refractivity contribution in [2.45, 2.75) is 50.4 Å². The van der Waals surface area contributed by atoms with Gasteiger partial charge in [-0.05, 0) is 50.4 Å². The van der Waals surface area contributed by atoms with Gasteiger partial charge in [0, 0.05) is 6.04 Å². The average Bonchev–Trinajstić information content (AvgIpc) is 2.37. The Bertz CT molecular complexity index is 493. The third kappa shape index (κ3) is 3.95. The second kappa shape index (κ2) is 5.93. The number of halogens is 4. The summed E-state index contributed by atoms with van der Waals surface area (Å²) in [5, 5.41) is 13.7. The van der Waals surface area contributed by atoms with Crippen LogP contribution < -0.4 is 5.32 Å². The van der Waals surface area contributed by atoms with Crippen LogP contribution in [0, 0.1) is 5.82 Å². The van der Waals surface area contributed by atoms with Gasteiger partial charge in [-0.3, -0.25) is 0 Å². The van der Waals surface area contributed by atoms with Gasteiger partial charge in [-0.1, -0.05) is 12.5 Å². The number of benzene rings is 1. The third-order valence-electron chi connectivity index (χ3n) is 3.95. The van der Waals surface area contributed by atoms with E-state index in [0.717, 1.165) is 37.9 Å². The molecule has 1 saturated heterocycles. The van der Waals surface area contributed by atoms with Crippen LogP contribution in [0.3, 0.4) is 0 Å². The molecule has 0 spiro atoms. The molecule has 0 bridgehead atoms. The predicted molar refractivity (Wildman–Crippen MR) is 71.2 cm³/mol. The van der Waals surface area contributed by atoms with Gasteiger partial charge in [-0.15, -0.1) is 0 Å². The summed E-state index contributed by atoms with van der Waals surface area (Å²) in [5.74, 6) is -1.35. The lowest BCUT2D eigenvalue weighted by atomic mass is 9.86. The van der Waals surface area contributed by atoms with Crippen molar-refractivity contribution in [2.24, 2.45) is 0 Å². The van der Waals surface area contributed by atoms with Gasteiger partial charge in [0.05, 0.1) is 11.2 Å². The SMILES string of the molecule is CC(O)(CC1CCCCN1)c1ccc(C(F)(F)F)c(F)c1. The molecule has 1 aliphatic heterocycles. The summed E-state index contributed by atoms with van der Waals surface area (Å²) in [5.41, 5.74) is -2.50. The van der Waals surface area contributed by atoms with Crippen LogP contribution in [0.15, 0.2) is 18.2 Å². The maximum atomic E-state index is 13.6. The molecular formula is C15H19F4NO. The molecular weight excluding hydrogens is 286 g/mol. The van der Waals surface area contributed by atoms with Gasteiger partial charge >= 0.3 is 6.18 Å². The first kappa shape index (κ1) is 16.2. The smallest absolute Gasteiger partial charge is 0.385 e. The monoisotopic (exact) mass is 305 g/mol. The Balaban J connectivity index is 2.17. The van der Waals surface area contributed by atoms with Crippen molar-refractivity contribution in [3.63, 3.8) is 0 Å². The molecule has 21 heavy (non-hydrogen) atoms. The van der Waals surface area contributed by atoms with Crippen LogP contribution in [0.1, 0.15) is 43.7 Å². The quantitative estimate of drug-likeness (QED) is 0.837. The molecule has 2 unspecified atom stereocenters. The molecule has 6 heteroatoms. The first-order valence-electron chi connectivity index (χ1n) is 7.03. The summed E-state index contributed by atoms with van der Waals surface area (Å²) in [6.07, 6.45) is -1.35. The highest BCUT2D eigenvalue weighted by atomic mass is 19.4. The average molecular weight is 305 g/mol. The Morgan fingerprint density at radius 3 is 2.52 bits per heavy atom. The zero-order chi connectivity index (χ0) is 15.7. The minimum atomic E-state index is -4.72. The summed E-state index contributed by atoms with van der Waals surface area (Å²) < 4.78 is 51.2. The standard InChI is InChI=1S/C15H19F4NO/c1-14(21,9-11-4-2-3-7-20-11)10-5-6-12(13(16)8-10)15(17,18)19/h5-6,8,11,20-21H,2-4,7,9H2,1H3. The van der Waals surface area contributed by atoms with Gasteiger partial charge in [-0.25, -0.2) is 4.39 Å². The van der Waals surface area contributed by atoms with Crippen LogP contribution in [-0.4, -0.2) is 17.7 Å². The Morgan fingerprint density at radius 2 is 2.00 bits per heavy atom. The van der Waals surface area contributed by atoms with E-state index in [0.29, 0.717) is 12.5 Å². The molecule has 1 aliphatic rings. The van der Waals surface area contributed by atoms with E-state index in [1.54, 1.807) is 0 Å². The van der Waals surface area contributed by atoms with Crippen LogP contribution in [0.25, 0.3) is 0 Å². The number of alkyl halides is 3. The number of hydrogen-bond acceptors (Lipinski definition) is 2. The largest absolute Gasteiger partial charge is 0.419 e. The number of hydrogen-bond donors (Lipinski definition) is 2. The molecule has 0 aliphatic carbocycles. The molecule has 2 rings (SSSR count). The van der Waals surface area contributed by atoms with Crippen LogP contribution in [0.5, 0.6) is 0 Å². The van der Waals surface area contributed by atoms with Crippen molar-refractivity contribution in [1.82, 2.24) is 5.32 Å². The Kier molecular flexibility index (Phi) is 4.58. The fourth-order valence-corrected chi connectivity index (χ4v) is 2.78. The van der Waals surface area contributed by atoms with Crippen LogP contribution >= 0.6 is 0 Å². The summed E-state index contributed by atoms with van der Waals surface area (Å²) in [6.45, 7) is 2.37. The normalized spacial score (nSPS) is 22.9. The predicted octanol–water partition coefficient (Wildman–Crippen LogP) is 3.58. The van der Waals surface area contributed by atoms with Crippen molar-refractivity contribution in [3.8, 4) is 0 Å². The Hall–Kier alpha value is -1.14. The van der Waals surface area contributed by atoms with Crippen molar-refractivity contribution in [2.75, 3.05) is 6.54 Å². The minimum Gasteiger partial charge on any atom is -0.385 e. The molecule has 2 N–H and O–H groups in total. The maximum absolute atomic E-state index is 13.6. The van der Waals surface area contributed by atoms with Gasteiger partial charge in [0.25, 0.3) is 0 Å². The van der Waals surface area contributed by atoms with Crippen molar-refractivity contribution < 1.29 is 22.7 Å². The fourth-order valence-electron chi connectivity index (χ4n) is 2.78. The van der Waals surface area contributed by atoms with Crippen molar-refractivity contribution in [1.29, 1.82) is 0 Å². The van der Waals surface area contributed by atoms with Crippen LogP contribution in [0.4, 0.5) is 17.6 Å². The lowest BCUT2D eigenvalue weighted by Crippen LogP contribution is -2.39. The second-order valence-electron chi connectivity index (χ2n) is 5.82. The molecule has 0 radical (unpaired) electrons. The van der Waals surface area contributed by atoms with E-state index in [-0.39, 0.29) is 11.6 Å². The zero-order valence-corrected chi connectivity index (χ0v) is 11.8. The molecule has 1 aromatic carbocycles. The summed E-state index contributed by atoms with van der Waals surface area (Å²) in [6, 6.07) is 2.72. The number of piperidine rings is 1. The summed E-state index contributed by atoms with van der Waals surface area (Å²) in [4.78, 5) is 0. The molecule has 2 nitrogen and oxygen atoms in total. The first-order valence-corrected chi connectivity index (χ1v) is 7.03. The van der Waals surface area contributed by atoms with Crippen LogP contribution in [0.2, 0.25) is 0 Å². The summed E-state index contributed by atoms with van der Waals surface area (Å²) in [7, 11) is 0. The van der Waals surface area contributed by atoms with Gasteiger partial charge in [0.15, 0.2) is 0 Å². The van der Waals surface area contributed by atoms with E-state index < -0.39 is 23.2 Å².